The van der Waals surface area contributed by atoms with Crippen molar-refractivity contribution >= 4 is 17.7 Å². The largest absolute Gasteiger partial charge is 0.380 e. The molecule has 0 heterocycles. The lowest BCUT2D eigenvalue weighted by molar-refractivity contribution is -0.132. The fourth-order valence-corrected chi connectivity index (χ4v) is 2.11. The molecule has 4 nitrogen and oxygen atoms in total. The molecule has 0 spiro atoms. The van der Waals surface area contributed by atoms with Gasteiger partial charge in [-0.15, -0.1) is 11.8 Å². The Bertz CT molecular complexity index is 391. The summed E-state index contributed by atoms with van der Waals surface area (Å²) >= 11 is 1.71. The van der Waals surface area contributed by atoms with Gasteiger partial charge in [-0.2, -0.15) is 0 Å². The topological polar surface area (TPSA) is 55.6 Å². The van der Waals surface area contributed by atoms with Crippen LogP contribution in [0.3, 0.4) is 0 Å². The molecule has 1 atom stereocenters. The first-order valence-electron chi connectivity index (χ1n) is 6.20. The molecule has 0 aromatic heterocycles. The summed E-state index contributed by atoms with van der Waals surface area (Å²) in [6.07, 6.45) is 2.17. The fraction of sp³-hybridized carbons (Fsp3) is 0.500. The molecule has 1 amide bonds. The minimum Gasteiger partial charge on any atom is -0.380 e. The molecule has 1 aromatic rings. The maximum Gasteiger partial charge on any atom is 0.225 e. The van der Waals surface area contributed by atoms with Gasteiger partial charge in [0.1, 0.15) is 0 Å². The highest BCUT2D eigenvalue weighted by atomic mass is 32.2. The summed E-state index contributed by atoms with van der Waals surface area (Å²) in [6, 6.07) is 8.23. The zero-order valence-corrected chi connectivity index (χ0v) is 12.6. The Hall–Kier alpha value is -1.04. The molecule has 0 aliphatic heterocycles. The molecular formula is C14H22N2O2S. The molecule has 106 valence electrons. The van der Waals surface area contributed by atoms with Crippen LogP contribution in [0.4, 0.5) is 0 Å². The van der Waals surface area contributed by atoms with E-state index < -0.39 is 0 Å². The smallest absolute Gasteiger partial charge is 0.225 e. The van der Waals surface area contributed by atoms with Crippen molar-refractivity contribution in [1.29, 1.82) is 0 Å². The van der Waals surface area contributed by atoms with E-state index in [1.54, 1.807) is 30.8 Å². The average molecular weight is 282 g/mol. The first-order valence-corrected chi connectivity index (χ1v) is 7.43. The molecule has 0 aliphatic rings. The summed E-state index contributed by atoms with van der Waals surface area (Å²) in [5.74, 6) is 0.0474. The standard InChI is InChI=1S/C14H22N2O2S/c1-16(14(17)8-12(9-15)18-2)10-11-4-6-13(19-3)7-5-11/h4-7,12H,8-10,15H2,1-3H3. The van der Waals surface area contributed by atoms with Crippen molar-refractivity contribution in [1.82, 2.24) is 4.90 Å². The van der Waals surface area contributed by atoms with Crippen LogP contribution in [-0.4, -0.2) is 43.9 Å². The van der Waals surface area contributed by atoms with Gasteiger partial charge in [0.05, 0.1) is 12.5 Å². The Labute approximate surface area is 119 Å². The molecule has 1 unspecified atom stereocenters. The number of nitrogens with two attached hydrogens (primary N) is 1. The molecule has 0 fully saturated rings. The first-order chi connectivity index (χ1) is 9.10. The normalized spacial score (nSPS) is 12.2. The van der Waals surface area contributed by atoms with Crippen molar-refractivity contribution in [3.63, 3.8) is 0 Å². The van der Waals surface area contributed by atoms with Crippen LogP contribution in [0, 0.1) is 0 Å². The van der Waals surface area contributed by atoms with Gasteiger partial charge in [-0.05, 0) is 24.0 Å². The maximum absolute atomic E-state index is 12.0. The Kier molecular flexibility index (Phi) is 6.91. The van der Waals surface area contributed by atoms with E-state index >= 15 is 0 Å². The lowest BCUT2D eigenvalue weighted by Crippen LogP contribution is -2.33. The predicted molar refractivity (Wildman–Crippen MR) is 79.2 cm³/mol. The third kappa shape index (κ3) is 5.22. The van der Waals surface area contributed by atoms with Crippen LogP contribution in [0.25, 0.3) is 0 Å². The molecule has 0 bridgehead atoms. The van der Waals surface area contributed by atoms with Crippen LogP contribution in [-0.2, 0) is 16.1 Å². The van der Waals surface area contributed by atoms with Crippen molar-refractivity contribution in [2.75, 3.05) is 27.0 Å². The van der Waals surface area contributed by atoms with Gasteiger partial charge >= 0.3 is 0 Å². The van der Waals surface area contributed by atoms with Crippen molar-refractivity contribution < 1.29 is 9.53 Å². The Morgan fingerprint density at radius 2 is 2.05 bits per heavy atom. The Morgan fingerprint density at radius 1 is 1.42 bits per heavy atom. The monoisotopic (exact) mass is 282 g/mol. The quantitative estimate of drug-likeness (QED) is 0.774. The highest BCUT2D eigenvalue weighted by Crippen LogP contribution is 2.15. The minimum atomic E-state index is -0.200. The number of rotatable bonds is 7. The van der Waals surface area contributed by atoms with E-state index in [0.717, 1.165) is 5.56 Å². The summed E-state index contributed by atoms with van der Waals surface area (Å²) in [7, 11) is 3.37. The Morgan fingerprint density at radius 3 is 2.53 bits per heavy atom. The summed E-state index contributed by atoms with van der Waals surface area (Å²) in [5.41, 5.74) is 6.64. The van der Waals surface area contributed by atoms with Gasteiger partial charge in [-0.1, -0.05) is 12.1 Å². The molecular weight excluding hydrogens is 260 g/mol. The van der Waals surface area contributed by atoms with E-state index in [0.29, 0.717) is 19.5 Å². The number of carbonyl (C=O) groups is 1. The lowest BCUT2D eigenvalue weighted by Gasteiger charge is -2.20. The number of ether oxygens (including phenoxy) is 1. The van der Waals surface area contributed by atoms with E-state index in [1.165, 1.54) is 4.90 Å². The molecule has 5 heteroatoms. The van der Waals surface area contributed by atoms with Crippen molar-refractivity contribution in [3.8, 4) is 0 Å². The second kappa shape index (κ2) is 8.19. The number of amides is 1. The number of methoxy groups -OCH3 is 1. The molecule has 0 aliphatic carbocycles. The van der Waals surface area contributed by atoms with E-state index in [4.69, 9.17) is 10.5 Å². The summed E-state index contributed by atoms with van der Waals surface area (Å²) in [4.78, 5) is 14.9. The fourth-order valence-electron chi connectivity index (χ4n) is 1.71. The van der Waals surface area contributed by atoms with Gasteiger partial charge < -0.3 is 15.4 Å². The summed E-state index contributed by atoms with van der Waals surface area (Å²) in [5, 5.41) is 0. The molecule has 0 saturated carbocycles. The van der Waals surface area contributed by atoms with Gasteiger partial charge in [0.2, 0.25) is 5.91 Å². The number of carbonyl (C=O) groups excluding carboxylic acids is 1. The first kappa shape index (κ1) is 16.0. The molecule has 0 saturated heterocycles. The van der Waals surface area contributed by atoms with Crippen LogP contribution in [0.1, 0.15) is 12.0 Å². The van der Waals surface area contributed by atoms with Crippen molar-refractivity contribution in [3.05, 3.63) is 29.8 Å². The van der Waals surface area contributed by atoms with Gasteiger partial charge in [-0.25, -0.2) is 0 Å². The zero-order chi connectivity index (χ0) is 14.3. The van der Waals surface area contributed by atoms with Gasteiger partial charge in [-0.3, -0.25) is 4.79 Å². The van der Waals surface area contributed by atoms with Crippen LogP contribution in [0.2, 0.25) is 0 Å². The van der Waals surface area contributed by atoms with E-state index in [9.17, 15) is 4.79 Å². The SMILES string of the molecule is COC(CN)CC(=O)N(C)Cc1ccc(SC)cc1. The van der Waals surface area contributed by atoms with E-state index in [1.807, 2.05) is 18.4 Å². The van der Waals surface area contributed by atoms with Crippen LogP contribution in [0.5, 0.6) is 0 Å². The highest BCUT2D eigenvalue weighted by Gasteiger charge is 2.15. The molecule has 1 aromatic carbocycles. The second-order valence-electron chi connectivity index (χ2n) is 4.40. The van der Waals surface area contributed by atoms with E-state index in [2.05, 4.69) is 12.1 Å². The average Bonchev–Trinajstić information content (AvgIpc) is 2.45. The molecule has 1 rings (SSSR count). The third-order valence-corrected chi connectivity index (χ3v) is 3.75. The van der Waals surface area contributed by atoms with Gasteiger partial charge in [0.25, 0.3) is 0 Å². The molecule has 2 N–H and O–H groups in total. The van der Waals surface area contributed by atoms with E-state index in [-0.39, 0.29) is 12.0 Å². The minimum absolute atomic E-state index is 0.0474. The van der Waals surface area contributed by atoms with Crippen LogP contribution in [0.15, 0.2) is 29.2 Å². The van der Waals surface area contributed by atoms with Crippen molar-refractivity contribution in [2.45, 2.75) is 24.0 Å². The lowest BCUT2D eigenvalue weighted by atomic mass is 10.2. The van der Waals surface area contributed by atoms with Crippen LogP contribution < -0.4 is 5.73 Å². The number of hydrogen-bond donors (Lipinski definition) is 1. The zero-order valence-electron chi connectivity index (χ0n) is 11.8. The summed E-state index contributed by atoms with van der Waals surface area (Å²) < 4.78 is 5.13. The second-order valence-corrected chi connectivity index (χ2v) is 5.28. The summed E-state index contributed by atoms with van der Waals surface area (Å²) in [6.45, 7) is 0.965. The predicted octanol–water partition coefficient (Wildman–Crippen LogP) is 1.73. The van der Waals surface area contributed by atoms with Gasteiger partial charge in [0, 0.05) is 32.1 Å². The van der Waals surface area contributed by atoms with Crippen molar-refractivity contribution in [2.24, 2.45) is 5.73 Å². The number of benzene rings is 1. The maximum atomic E-state index is 12.0. The number of thioether (sulfide) groups is 1. The van der Waals surface area contributed by atoms with Crippen LogP contribution >= 0.6 is 11.8 Å². The molecule has 19 heavy (non-hydrogen) atoms. The number of hydrogen-bond acceptors (Lipinski definition) is 4. The highest BCUT2D eigenvalue weighted by molar-refractivity contribution is 7.98. The Balaban J connectivity index is 2.53. The number of nitrogens with zero attached hydrogens (tertiary/aromatic N) is 1. The third-order valence-electron chi connectivity index (χ3n) is 3.00. The van der Waals surface area contributed by atoms with Gasteiger partial charge in [0.15, 0.2) is 0 Å². The molecule has 0 radical (unpaired) electrons.